The second-order valence-corrected chi connectivity index (χ2v) is 4.88. The lowest BCUT2D eigenvalue weighted by atomic mass is 10.1. The van der Waals surface area contributed by atoms with E-state index in [-0.39, 0.29) is 0 Å². The molecule has 0 amide bonds. The van der Waals surface area contributed by atoms with Crippen LogP contribution in [0.25, 0.3) is 0 Å². The van der Waals surface area contributed by atoms with Crippen molar-refractivity contribution in [3.63, 3.8) is 0 Å². The molecule has 0 saturated heterocycles. The molecule has 1 heterocycles. The van der Waals surface area contributed by atoms with Crippen molar-refractivity contribution < 1.29 is 0 Å². The quantitative estimate of drug-likeness (QED) is 0.663. The molecule has 0 saturated carbocycles. The summed E-state index contributed by atoms with van der Waals surface area (Å²) < 4.78 is 0. The maximum absolute atomic E-state index is 4.27. The molecule has 88 valence electrons. The van der Waals surface area contributed by atoms with Crippen molar-refractivity contribution in [3.8, 4) is 0 Å². The molecule has 2 rings (SSSR count). The van der Waals surface area contributed by atoms with Gasteiger partial charge in [0.05, 0.1) is 11.9 Å². The largest absolute Gasteiger partial charge is 0.253 e. The summed E-state index contributed by atoms with van der Waals surface area (Å²) in [7, 11) is 0. The van der Waals surface area contributed by atoms with Crippen LogP contribution in [0.3, 0.4) is 0 Å². The molecule has 0 bridgehead atoms. The Bertz CT molecular complexity index is 543. The summed E-state index contributed by atoms with van der Waals surface area (Å²) in [5.41, 5.74) is 7.56. The molecule has 4 heteroatoms. The average molecular weight is 245 g/mol. The molecule has 0 spiro atoms. The monoisotopic (exact) mass is 245 g/mol. The van der Waals surface area contributed by atoms with Crippen molar-refractivity contribution in [2.24, 2.45) is 5.10 Å². The van der Waals surface area contributed by atoms with Gasteiger partial charge >= 0.3 is 0 Å². The van der Waals surface area contributed by atoms with Crippen LogP contribution in [0.15, 0.2) is 28.7 Å². The number of aromatic nitrogens is 1. The first-order valence-corrected chi connectivity index (χ1v) is 6.31. The van der Waals surface area contributed by atoms with Gasteiger partial charge in [0, 0.05) is 5.38 Å². The first-order valence-electron chi connectivity index (χ1n) is 5.43. The third-order valence-corrected chi connectivity index (χ3v) is 3.27. The fraction of sp³-hybridized carbons (Fsp3) is 0.231. The van der Waals surface area contributed by atoms with Crippen molar-refractivity contribution in [2.75, 3.05) is 5.43 Å². The molecule has 0 fully saturated rings. The predicted molar refractivity (Wildman–Crippen MR) is 74.0 cm³/mol. The van der Waals surface area contributed by atoms with Gasteiger partial charge in [-0.05, 0) is 31.9 Å². The molecule has 0 aliphatic rings. The lowest BCUT2D eigenvalue weighted by Crippen LogP contribution is -1.92. The summed E-state index contributed by atoms with van der Waals surface area (Å²) in [5, 5.41) is 7.01. The Labute approximate surface area is 105 Å². The van der Waals surface area contributed by atoms with Crippen LogP contribution in [-0.2, 0) is 0 Å². The Kier molecular flexibility index (Phi) is 3.54. The minimum atomic E-state index is 0.823. The summed E-state index contributed by atoms with van der Waals surface area (Å²) >= 11 is 1.56. The molecule has 3 nitrogen and oxygen atoms in total. The van der Waals surface area contributed by atoms with Crippen molar-refractivity contribution in [3.05, 3.63) is 46.0 Å². The summed E-state index contributed by atoms with van der Waals surface area (Å²) in [4.78, 5) is 4.27. The summed E-state index contributed by atoms with van der Waals surface area (Å²) in [6, 6.07) is 6.31. The van der Waals surface area contributed by atoms with Crippen molar-refractivity contribution >= 4 is 22.7 Å². The van der Waals surface area contributed by atoms with E-state index in [2.05, 4.69) is 47.6 Å². The highest BCUT2D eigenvalue weighted by Gasteiger charge is 1.96. The Morgan fingerprint density at radius 2 is 2.12 bits per heavy atom. The van der Waals surface area contributed by atoms with Crippen LogP contribution in [0, 0.1) is 20.8 Å². The van der Waals surface area contributed by atoms with Crippen LogP contribution in [0.5, 0.6) is 0 Å². The second kappa shape index (κ2) is 5.10. The van der Waals surface area contributed by atoms with E-state index in [0.29, 0.717) is 0 Å². The highest BCUT2D eigenvalue weighted by molar-refractivity contribution is 7.13. The van der Waals surface area contributed by atoms with Gasteiger partial charge in [0.1, 0.15) is 0 Å². The smallest absolute Gasteiger partial charge is 0.203 e. The zero-order valence-electron chi connectivity index (χ0n) is 10.2. The molecule has 2 aromatic rings. The zero-order chi connectivity index (χ0) is 12.3. The van der Waals surface area contributed by atoms with Gasteiger partial charge in [0.25, 0.3) is 0 Å². The maximum Gasteiger partial charge on any atom is 0.203 e. The Morgan fingerprint density at radius 1 is 1.29 bits per heavy atom. The predicted octanol–water partition coefficient (Wildman–Crippen LogP) is 3.51. The number of rotatable bonds is 3. The fourth-order valence-corrected chi connectivity index (χ4v) is 2.17. The van der Waals surface area contributed by atoms with Gasteiger partial charge < -0.3 is 0 Å². The van der Waals surface area contributed by atoms with Gasteiger partial charge in [-0.1, -0.05) is 23.8 Å². The highest BCUT2D eigenvalue weighted by atomic mass is 32.1. The van der Waals surface area contributed by atoms with Crippen LogP contribution < -0.4 is 5.43 Å². The van der Waals surface area contributed by atoms with E-state index in [9.17, 15) is 0 Å². The standard InChI is InChI=1S/C13H15N3S/c1-9-4-5-12(10(2)6-9)7-14-16-13-15-11(3)8-17-13/h4-8H,1-3H3,(H,15,16). The average Bonchev–Trinajstić information content (AvgIpc) is 2.68. The van der Waals surface area contributed by atoms with Crippen LogP contribution in [0.4, 0.5) is 5.13 Å². The third kappa shape index (κ3) is 3.14. The number of benzene rings is 1. The number of hydrogen-bond acceptors (Lipinski definition) is 4. The molecule has 0 aliphatic carbocycles. The summed E-state index contributed by atoms with van der Waals surface area (Å²) in [5.74, 6) is 0. The number of aryl methyl sites for hydroxylation is 3. The Balaban J connectivity index is 2.05. The lowest BCUT2D eigenvalue weighted by molar-refractivity contribution is 1.22. The number of anilines is 1. The van der Waals surface area contributed by atoms with Gasteiger partial charge in [0.15, 0.2) is 0 Å². The van der Waals surface area contributed by atoms with Gasteiger partial charge in [-0.3, -0.25) is 5.43 Å². The number of thiazole rings is 1. The SMILES string of the molecule is Cc1ccc(C=NNc2nc(C)cs2)c(C)c1. The van der Waals surface area contributed by atoms with Crippen LogP contribution in [0.2, 0.25) is 0 Å². The van der Waals surface area contributed by atoms with E-state index in [1.807, 2.05) is 18.5 Å². The number of hydrogen-bond donors (Lipinski definition) is 1. The first kappa shape index (κ1) is 11.8. The van der Waals surface area contributed by atoms with Gasteiger partial charge in [-0.25, -0.2) is 4.98 Å². The molecular weight excluding hydrogens is 230 g/mol. The molecule has 1 aromatic heterocycles. The number of nitrogens with zero attached hydrogens (tertiary/aromatic N) is 2. The Morgan fingerprint density at radius 3 is 2.76 bits per heavy atom. The second-order valence-electron chi connectivity index (χ2n) is 4.02. The van der Waals surface area contributed by atoms with Gasteiger partial charge in [-0.15, -0.1) is 11.3 Å². The van der Waals surface area contributed by atoms with E-state index >= 15 is 0 Å². The summed E-state index contributed by atoms with van der Waals surface area (Å²) in [6.45, 7) is 6.14. The van der Waals surface area contributed by atoms with Gasteiger partial charge in [0.2, 0.25) is 5.13 Å². The van der Waals surface area contributed by atoms with Crippen molar-refractivity contribution in [1.29, 1.82) is 0 Å². The molecule has 1 aromatic carbocycles. The lowest BCUT2D eigenvalue weighted by Gasteiger charge is -2.00. The number of nitrogens with one attached hydrogen (secondary N) is 1. The Hall–Kier alpha value is -1.68. The minimum Gasteiger partial charge on any atom is -0.253 e. The van der Waals surface area contributed by atoms with Crippen LogP contribution in [-0.4, -0.2) is 11.2 Å². The zero-order valence-corrected chi connectivity index (χ0v) is 11.0. The number of hydrazone groups is 1. The molecule has 0 unspecified atom stereocenters. The summed E-state index contributed by atoms with van der Waals surface area (Å²) in [6.07, 6.45) is 1.82. The molecule has 0 aliphatic heterocycles. The topological polar surface area (TPSA) is 37.3 Å². The van der Waals surface area contributed by atoms with E-state index in [1.165, 1.54) is 11.1 Å². The highest BCUT2D eigenvalue weighted by Crippen LogP contribution is 2.14. The molecule has 1 N–H and O–H groups in total. The molecule has 0 atom stereocenters. The van der Waals surface area contributed by atoms with E-state index < -0.39 is 0 Å². The van der Waals surface area contributed by atoms with E-state index in [1.54, 1.807) is 11.3 Å². The van der Waals surface area contributed by atoms with Gasteiger partial charge in [-0.2, -0.15) is 5.10 Å². The fourth-order valence-electron chi connectivity index (χ4n) is 1.53. The normalized spacial score (nSPS) is 11.0. The molecular formula is C13H15N3S. The maximum atomic E-state index is 4.27. The minimum absolute atomic E-state index is 0.823. The first-order chi connectivity index (χ1) is 8.15. The molecule has 0 radical (unpaired) electrons. The van der Waals surface area contributed by atoms with E-state index in [4.69, 9.17) is 0 Å². The van der Waals surface area contributed by atoms with Crippen molar-refractivity contribution in [2.45, 2.75) is 20.8 Å². The van der Waals surface area contributed by atoms with Crippen molar-refractivity contribution in [1.82, 2.24) is 4.98 Å². The van der Waals surface area contributed by atoms with Crippen LogP contribution in [0.1, 0.15) is 22.4 Å². The van der Waals surface area contributed by atoms with E-state index in [0.717, 1.165) is 16.4 Å². The van der Waals surface area contributed by atoms with Crippen LogP contribution >= 0.6 is 11.3 Å². The molecule has 17 heavy (non-hydrogen) atoms. The third-order valence-electron chi connectivity index (χ3n) is 2.41.